The van der Waals surface area contributed by atoms with E-state index in [1.54, 1.807) is 35.2 Å². The summed E-state index contributed by atoms with van der Waals surface area (Å²) in [6.45, 7) is 14.1. The Kier molecular flexibility index (Phi) is 12.5. The third-order valence-electron chi connectivity index (χ3n) is 10.9. The maximum atomic E-state index is 13.6. The van der Waals surface area contributed by atoms with Crippen LogP contribution in [-0.4, -0.2) is 98.6 Å². The lowest BCUT2D eigenvalue weighted by Gasteiger charge is -2.41. The smallest absolute Gasteiger partial charge is 0.320 e. The van der Waals surface area contributed by atoms with Gasteiger partial charge in [0, 0.05) is 56.7 Å². The van der Waals surface area contributed by atoms with Gasteiger partial charge in [0.2, 0.25) is 5.96 Å². The first-order chi connectivity index (χ1) is 25.9. The molecule has 1 aromatic carbocycles. The lowest BCUT2D eigenvalue weighted by Crippen LogP contribution is -2.51. The Hall–Kier alpha value is -4.95. The van der Waals surface area contributed by atoms with E-state index in [0.29, 0.717) is 36.1 Å². The summed E-state index contributed by atoms with van der Waals surface area (Å²) >= 11 is 0. The molecule has 54 heavy (non-hydrogen) atoms. The Morgan fingerprint density at radius 2 is 1.69 bits per heavy atom. The number of urea groups is 1. The third kappa shape index (κ3) is 9.58. The number of aromatic nitrogens is 3. The molecule has 0 saturated carbocycles. The number of pyridine rings is 1. The molecule has 2 fully saturated rings. The first-order valence-electron chi connectivity index (χ1n) is 19.4. The monoisotopic (exact) mass is 738 g/mol. The van der Waals surface area contributed by atoms with E-state index in [4.69, 9.17) is 21.0 Å². The van der Waals surface area contributed by atoms with Crippen LogP contribution in [0, 0.1) is 22.1 Å². The summed E-state index contributed by atoms with van der Waals surface area (Å²) in [5, 5.41) is 40.1. The summed E-state index contributed by atoms with van der Waals surface area (Å²) in [7, 11) is 2.15. The maximum absolute atomic E-state index is 13.6. The number of nitrogens with one attached hydrogen (secondary N) is 6. The average Bonchev–Trinajstić information content (AvgIpc) is 3.59. The van der Waals surface area contributed by atoms with Crippen LogP contribution >= 0.6 is 0 Å². The molecule has 0 bridgehead atoms. The van der Waals surface area contributed by atoms with Crippen molar-refractivity contribution in [1.82, 2.24) is 39.7 Å². The number of hydrogen-bond acceptors (Lipinski definition) is 9. The summed E-state index contributed by atoms with van der Waals surface area (Å²) < 4.78 is 10.1. The van der Waals surface area contributed by atoms with Crippen molar-refractivity contribution < 1.29 is 9.53 Å². The molecule has 3 unspecified atom stereocenters. The first kappa shape index (κ1) is 38.8. The van der Waals surface area contributed by atoms with Crippen LogP contribution in [-0.2, 0) is 6.54 Å². The van der Waals surface area contributed by atoms with Crippen molar-refractivity contribution in [3.8, 4) is 5.75 Å². The molecule has 3 aromatic rings. The minimum atomic E-state index is -0.376. The molecule has 2 aromatic heterocycles. The number of piperazine rings is 1. The van der Waals surface area contributed by atoms with E-state index in [-0.39, 0.29) is 41.7 Å². The molecule has 6 N–H and O–H groups in total. The highest BCUT2D eigenvalue weighted by Crippen LogP contribution is 2.38. The van der Waals surface area contributed by atoms with Crippen LogP contribution < -0.4 is 26.2 Å². The molecule has 4 heterocycles. The van der Waals surface area contributed by atoms with Gasteiger partial charge < -0.3 is 30.6 Å². The number of hydrogen-bond donors (Lipinski definition) is 6. The van der Waals surface area contributed by atoms with Gasteiger partial charge in [-0.1, -0.05) is 38.1 Å². The number of nitrogens with zero attached hydrogens (tertiary/aromatic N) is 6. The molecule has 290 valence electrons. The SMILES string of the molecule is CC(C)C(=N)/C=C(/NC(=O)NC1CC[C@@H](Oc2ccc(=N)n(C(=N)N3C(C)CCCC3C)c2)c2ccccc21)Nc1cnn(CCN2CCN(C)CC2)c1. The fraction of sp³-hybridized carbons (Fsp3) is 0.525. The Morgan fingerprint density at radius 1 is 0.963 bits per heavy atom. The minimum absolute atomic E-state index is 0.0191. The Morgan fingerprint density at radius 3 is 2.41 bits per heavy atom. The zero-order valence-corrected chi connectivity index (χ0v) is 32.4. The second-order valence-corrected chi connectivity index (χ2v) is 15.4. The molecule has 2 amide bonds. The maximum Gasteiger partial charge on any atom is 0.320 e. The van der Waals surface area contributed by atoms with Gasteiger partial charge >= 0.3 is 6.03 Å². The highest BCUT2D eigenvalue weighted by molar-refractivity contribution is 5.95. The number of piperidine rings is 1. The van der Waals surface area contributed by atoms with Crippen molar-refractivity contribution in [3.63, 3.8) is 0 Å². The Labute approximate surface area is 319 Å². The summed E-state index contributed by atoms with van der Waals surface area (Å²) in [6.07, 6.45) is 11.3. The topological polar surface area (TPSA) is 166 Å². The Balaban J connectivity index is 1.10. The fourth-order valence-electron chi connectivity index (χ4n) is 7.64. The molecule has 0 spiro atoms. The zero-order valence-electron chi connectivity index (χ0n) is 32.4. The largest absolute Gasteiger partial charge is 0.484 e. The van der Waals surface area contributed by atoms with E-state index < -0.39 is 0 Å². The minimum Gasteiger partial charge on any atom is -0.484 e. The molecule has 2 aliphatic heterocycles. The second-order valence-electron chi connectivity index (χ2n) is 15.4. The molecule has 6 rings (SSSR count). The van der Waals surface area contributed by atoms with Gasteiger partial charge in [-0.3, -0.25) is 30.3 Å². The van der Waals surface area contributed by atoms with Gasteiger partial charge in [-0.15, -0.1) is 0 Å². The first-order valence-corrected chi connectivity index (χ1v) is 19.4. The van der Waals surface area contributed by atoms with Crippen molar-refractivity contribution in [2.24, 2.45) is 5.92 Å². The predicted octanol–water partition coefficient (Wildman–Crippen LogP) is 5.34. The average molecular weight is 739 g/mol. The van der Waals surface area contributed by atoms with E-state index in [9.17, 15) is 4.79 Å². The van der Waals surface area contributed by atoms with Crippen molar-refractivity contribution in [1.29, 1.82) is 16.2 Å². The molecule has 4 atom stereocenters. The highest BCUT2D eigenvalue weighted by Gasteiger charge is 2.31. The molecular weight excluding hydrogens is 681 g/mol. The number of benzene rings is 1. The molecule has 1 aliphatic carbocycles. The summed E-state index contributed by atoms with van der Waals surface area (Å²) in [6, 6.07) is 11.3. The standard InChI is InChI=1S/C40H58N12O2/c1-27(2)34(41)23-38(45-30-24-44-50(25-30)22-21-49-19-17-48(5)18-20-49)47-40(53)46-35-14-15-36(33-12-7-6-11-32(33)35)54-31-13-16-37(42)51(26-31)39(43)52-28(3)9-8-10-29(52)4/h6-7,11-13,16,23-29,35-36,41-43,45H,8-10,14-15,17-22H2,1-5H3,(H2,46,47,53)/b38-23+,41-34?,42-37?,43-39?/t28?,29?,35?,36-/m1/s1. The number of carbonyl (C=O) groups is 1. The molecule has 3 aliphatic rings. The van der Waals surface area contributed by atoms with E-state index in [1.165, 1.54) is 0 Å². The van der Waals surface area contributed by atoms with E-state index in [0.717, 1.165) is 75.3 Å². The summed E-state index contributed by atoms with van der Waals surface area (Å²) in [4.78, 5) is 20.5. The second kappa shape index (κ2) is 17.5. The van der Waals surface area contributed by atoms with E-state index >= 15 is 0 Å². The van der Waals surface area contributed by atoms with E-state index in [2.05, 4.69) is 56.6 Å². The van der Waals surface area contributed by atoms with Gasteiger partial charge in [-0.2, -0.15) is 5.10 Å². The van der Waals surface area contributed by atoms with Gasteiger partial charge in [0.05, 0.1) is 30.7 Å². The van der Waals surface area contributed by atoms with Crippen molar-refractivity contribution in [2.75, 3.05) is 45.1 Å². The molecule has 2 saturated heterocycles. The van der Waals surface area contributed by atoms with Crippen LogP contribution in [0.15, 0.2) is 66.9 Å². The number of anilines is 1. The zero-order chi connectivity index (χ0) is 38.4. The van der Waals surface area contributed by atoms with Crippen molar-refractivity contribution in [3.05, 3.63) is 83.5 Å². The Bertz CT molecular complexity index is 1860. The van der Waals surface area contributed by atoms with Crippen LogP contribution in [0.2, 0.25) is 0 Å². The van der Waals surface area contributed by atoms with E-state index in [1.807, 2.05) is 49.0 Å². The molecule has 0 radical (unpaired) electrons. The number of likely N-dealkylation sites (tertiary alicyclic amines) is 1. The van der Waals surface area contributed by atoms with Gasteiger partial charge in [-0.25, -0.2) is 4.79 Å². The quantitative estimate of drug-likeness (QED) is 0.114. The van der Waals surface area contributed by atoms with Gasteiger partial charge in [0.25, 0.3) is 0 Å². The fourth-order valence-corrected chi connectivity index (χ4v) is 7.64. The molecule has 14 nitrogen and oxygen atoms in total. The van der Waals surface area contributed by atoms with Crippen molar-refractivity contribution in [2.45, 2.75) is 90.6 Å². The summed E-state index contributed by atoms with van der Waals surface area (Å²) in [5.41, 5.74) is 3.32. The predicted molar refractivity (Wildman–Crippen MR) is 212 cm³/mol. The summed E-state index contributed by atoms with van der Waals surface area (Å²) in [5.74, 6) is 1.27. The van der Waals surface area contributed by atoms with Crippen LogP contribution in [0.5, 0.6) is 5.75 Å². The number of ether oxygens (including phenoxy) is 1. The van der Waals surface area contributed by atoms with Gasteiger partial charge in [0.15, 0.2) is 0 Å². The number of fused-ring (bicyclic) bond motifs is 1. The van der Waals surface area contributed by atoms with Crippen LogP contribution in [0.1, 0.15) is 83.1 Å². The normalized spacial score (nSPS) is 22.4. The number of likely N-dealkylation sites (N-methyl/N-ethyl adjacent to an activating group) is 1. The third-order valence-corrected chi connectivity index (χ3v) is 10.9. The number of allylic oxidation sites excluding steroid dienone is 1. The number of carbonyl (C=O) groups excluding carboxylic acids is 1. The number of amides is 2. The highest BCUT2D eigenvalue weighted by atomic mass is 16.5. The van der Waals surface area contributed by atoms with Crippen molar-refractivity contribution >= 4 is 23.4 Å². The molecule has 14 heteroatoms. The lowest BCUT2D eigenvalue weighted by atomic mass is 9.85. The lowest BCUT2D eigenvalue weighted by molar-refractivity contribution is 0.149. The van der Waals surface area contributed by atoms with Gasteiger partial charge in [-0.05, 0) is 88.3 Å². The number of rotatable bonds is 11. The van der Waals surface area contributed by atoms with Crippen LogP contribution in [0.25, 0.3) is 0 Å². The van der Waals surface area contributed by atoms with Crippen LogP contribution in [0.4, 0.5) is 10.5 Å². The van der Waals surface area contributed by atoms with Crippen LogP contribution in [0.3, 0.4) is 0 Å². The van der Waals surface area contributed by atoms with Gasteiger partial charge in [0.1, 0.15) is 23.2 Å². The molecular formula is C40H58N12O2.